The van der Waals surface area contributed by atoms with Crippen LogP contribution in [0.5, 0.6) is 0 Å². The first-order chi connectivity index (χ1) is 7.61. The van der Waals surface area contributed by atoms with Crippen molar-refractivity contribution >= 4 is 5.91 Å². The van der Waals surface area contributed by atoms with Crippen LogP contribution >= 0.6 is 0 Å². The monoisotopic (exact) mass is 222 g/mol. The topological polar surface area (TPSA) is 93.9 Å². The molecule has 0 heterocycles. The lowest BCUT2D eigenvalue weighted by Crippen LogP contribution is -2.47. The highest BCUT2D eigenvalue weighted by atomic mass is 16.2. The second kappa shape index (κ2) is 6.81. The van der Waals surface area contributed by atoms with Gasteiger partial charge >= 0.3 is 0 Å². The number of nitrogens with two attached hydrogens (primary N) is 1. The van der Waals surface area contributed by atoms with Crippen molar-refractivity contribution < 1.29 is 4.79 Å². The maximum Gasteiger partial charge on any atom is 0.231 e. The highest BCUT2D eigenvalue weighted by Crippen LogP contribution is 2.27. The van der Waals surface area contributed by atoms with Crippen LogP contribution in [0.4, 0.5) is 0 Å². The third-order valence-corrected chi connectivity index (χ3v) is 3.01. The number of carbonyl (C=O) groups excluding carboxylic acids is 1. The smallest absolute Gasteiger partial charge is 0.231 e. The highest BCUT2D eigenvalue weighted by Gasteiger charge is 2.36. The van der Waals surface area contributed by atoms with Crippen LogP contribution < -0.4 is 5.73 Å². The molecule has 0 aliphatic heterocycles. The Labute approximate surface area is 96.4 Å². The molecule has 0 fully saturated rings. The Kier molecular flexibility index (Phi) is 6.14. The van der Waals surface area contributed by atoms with E-state index in [1.54, 1.807) is 0 Å². The molecule has 0 atom stereocenters. The summed E-state index contributed by atoms with van der Waals surface area (Å²) in [6.45, 7) is 3.91. The molecule has 0 aromatic carbocycles. The fraction of sp³-hybridized carbons (Fsp3) is 0.727. The lowest BCUT2D eigenvalue weighted by molar-refractivity contribution is -0.140. The van der Waals surface area contributed by atoms with E-state index >= 15 is 0 Å². The highest BCUT2D eigenvalue weighted by molar-refractivity contribution is 5.83. The Hall–Kier alpha value is -1.59. The van der Waals surface area contributed by atoms with Crippen molar-refractivity contribution in [2.24, 2.45) is 11.1 Å². The molecule has 0 aliphatic rings. The maximum atomic E-state index is 12.2. The zero-order valence-electron chi connectivity index (χ0n) is 9.86. The summed E-state index contributed by atoms with van der Waals surface area (Å²) in [5.41, 5.74) is 5.02. The predicted molar refractivity (Wildman–Crippen MR) is 59.9 cm³/mol. The second-order valence-corrected chi connectivity index (χ2v) is 3.67. The molecule has 88 valence electrons. The molecule has 0 bridgehead atoms. The van der Waals surface area contributed by atoms with Crippen molar-refractivity contribution in [1.82, 2.24) is 4.90 Å². The fourth-order valence-corrected chi connectivity index (χ4v) is 1.63. The van der Waals surface area contributed by atoms with Crippen molar-refractivity contribution in [3.63, 3.8) is 0 Å². The van der Waals surface area contributed by atoms with Gasteiger partial charge in [0.1, 0.15) is 13.1 Å². The van der Waals surface area contributed by atoms with Gasteiger partial charge in [0, 0.05) is 6.54 Å². The zero-order chi connectivity index (χ0) is 12.6. The average Bonchev–Trinajstić information content (AvgIpc) is 2.31. The molecule has 0 saturated carbocycles. The van der Waals surface area contributed by atoms with Gasteiger partial charge in [0.05, 0.1) is 17.6 Å². The van der Waals surface area contributed by atoms with Gasteiger partial charge in [0.15, 0.2) is 0 Å². The number of nitrogens with zero attached hydrogens (tertiary/aromatic N) is 3. The third-order valence-electron chi connectivity index (χ3n) is 3.01. The minimum atomic E-state index is -0.631. The molecule has 1 amide bonds. The molecular formula is C11H18N4O. The van der Waals surface area contributed by atoms with E-state index in [2.05, 4.69) is 0 Å². The van der Waals surface area contributed by atoms with Crippen molar-refractivity contribution in [1.29, 1.82) is 10.5 Å². The summed E-state index contributed by atoms with van der Waals surface area (Å²) in [5, 5.41) is 17.2. The van der Waals surface area contributed by atoms with Crippen LogP contribution in [0.2, 0.25) is 0 Å². The van der Waals surface area contributed by atoms with Crippen LogP contribution in [0.1, 0.15) is 26.7 Å². The van der Waals surface area contributed by atoms with Crippen LogP contribution in [0.15, 0.2) is 0 Å². The van der Waals surface area contributed by atoms with E-state index in [1.807, 2.05) is 26.0 Å². The summed E-state index contributed by atoms with van der Waals surface area (Å²) in [6.07, 6.45) is 1.23. The molecule has 16 heavy (non-hydrogen) atoms. The van der Waals surface area contributed by atoms with E-state index in [4.69, 9.17) is 16.3 Å². The molecule has 0 aromatic rings. The van der Waals surface area contributed by atoms with E-state index < -0.39 is 5.41 Å². The van der Waals surface area contributed by atoms with Crippen LogP contribution in [0, 0.1) is 28.1 Å². The van der Waals surface area contributed by atoms with Gasteiger partial charge in [-0.25, -0.2) is 0 Å². The molecule has 0 rings (SSSR count). The van der Waals surface area contributed by atoms with Crippen LogP contribution in [-0.2, 0) is 4.79 Å². The van der Waals surface area contributed by atoms with E-state index in [0.29, 0.717) is 12.8 Å². The number of rotatable bonds is 6. The molecule has 2 N–H and O–H groups in total. The Morgan fingerprint density at radius 2 is 1.69 bits per heavy atom. The van der Waals surface area contributed by atoms with Crippen LogP contribution in [0.3, 0.4) is 0 Å². The van der Waals surface area contributed by atoms with Gasteiger partial charge in [0.25, 0.3) is 0 Å². The number of hydrogen-bond acceptors (Lipinski definition) is 4. The number of amides is 1. The lowest BCUT2D eigenvalue weighted by Gasteiger charge is -2.33. The summed E-state index contributed by atoms with van der Waals surface area (Å²) < 4.78 is 0. The van der Waals surface area contributed by atoms with Gasteiger partial charge in [-0.05, 0) is 12.8 Å². The number of carbonyl (C=O) groups is 1. The molecule has 0 radical (unpaired) electrons. The zero-order valence-corrected chi connectivity index (χ0v) is 9.86. The number of nitriles is 2. The summed E-state index contributed by atoms with van der Waals surface area (Å²) in [5.74, 6) is -0.192. The SMILES string of the molecule is CCC(CC)(CN)C(=O)N(CC#N)CC#N. The summed E-state index contributed by atoms with van der Waals surface area (Å²) in [6, 6.07) is 3.78. The lowest BCUT2D eigenvalue weighted by atomic mass is 9.81. The first-order valence-corrected chi connectivity index (χ1v) is 5.35. The van der Waals surface area contributed by atoms with E-state index in [0.717, 1.165) is 0 Å². The van der Waals surface area contributed by atoms with Crippen LogP contribution in [0.25, 0.3) is 0 Å². The molecule has 0 spiro atoms. The molecule has 0 aromatic heterocycles. The molecule has 5 nitrogen and oxygen atoms in total. The van der Waals surface area contributed by atoms with Crippen molar-refractivity contribution in [2.45, 2.75) is 26.7 Å². The van der Waals surface area contributed by atoms with Gasteiger partial charge in [-0.3, -0.25) is 4.79 Å². The maximum absolute atomic E-state index is 12.2. The van der Waals surface area contributed by atoms with Crippen molar-refractivity contribution in [3.05, 3.63) is 0 Å². The molecule has 0 unspecified atom stereocenters. The first-order valence-electron chi connectivity index (χ1n) is 5.35. The predicted octanol–water partition coefficient (Wildman–Crippen LogP) is 0.627. The first kappa shape index (κ1) is 14.4. The Bertz CT molecular complexity index is 285. The molecule has 5 heteroatoms. The fourth-order valence-electron chi connectivity index (χ4n) is 1.63. The standard InChI is InChI=1S/C11H18N4O/c1-3-11(4-2,9-14)10(16)15(7-5-12)8-6-13/h3-4,7-9,14H2,1-2H3. The van der Waals surface area contributed by atoms with Crippen LogP contribution in [-0.4, -0.2) is 30.4 Å². The normalized spacial score (nSPS) is 10.3. The number of hydrogen-bond donors (Lipinski definition) is 1. The molecule has 0 aliphatic carbocycles. The quantitative estimate of drug-likeness (QED) is 0.667. The Morgan fingerprint density at radius 1 is 1.25 bits per heavy atom. The van der Waals surface area contributed by atoms with E-state index in [-0.39, 0.29) is 25.5 Å². The largest absolute Gasteiger partial charge is 0.329 e. The van der Waals surface area contributed by atoms with Gasteiger partial charge in [-0.1, -0.05) is 13.8 Å². The Balaban J connectivity index is 4.96. The molecule has 0 saturated heterocycles. The van der Waals surface area contributed by atoms with E-state index in [9.17, 15) is 4.79 Å². The van der Waals surface area contributed by atoms with Gasteiger partial charge in [-0.2, -0.15) is 10.5 Å². The van der Waals surface area contributed by atoms with Crippen molar-refractivity contribution in [3.8, 4) is 12.1 Å². The van der Waals surface area contributed by atoms with Gasteiger partial charge < -0.3 is 10.6 Å². The van der Waals surface area contributed by atoms with Gasteiger partial charge in [-0.15, -0.1) is 0 Å². The van der Waals surface area contributed by atoms with Gasteiger partial charge in [0.2, 0.25) is 5.91 Å². The third kappa shape index (κ3) is 2.95. The summed E-state index contributed by atoms with van der Waals surface area (Å²) in [7, 11) is 0. The minimum Gasteiger partial charge on any atom is -0.329 e. The minimum absolute atomic E-state index is 0.0614. The summed E-state index contributed by atoms with van der Waals surface area (Å²) in [4.78, 5) is 13.4. The molecular weight excluding hydrogens is 204 g/mol. The van der Waals surface area contributed by atoms with Crippen molar-refractivity contribution in [2.75, 3.05) is 19.6 Å². The average molecular weight is 222 g/mol. The Morgan fingerprint density at radius 3 is 1.94 bits per heavy atom. The van der Waals surface area contributed by atoms with E-state index in [1.165, 1.54) is 4.90 Å². The summed E-state index contributed by atoms with van der Waals surface area (Å²) >= 11 is 0. The second-order valence-electron chi connectivity index (χ2n) is 3.67.